The van der Waals surface area contributed by atoms with E-state index in [1.165, 1.54) is 45.7 Å². The van der Waals surface area contributed by atoms with E-state index >= 15 is 0 Å². The van der Waals surface area contributed by atoms with Crippen LogP contribution >= 0.6 is 0 Å². The maximum Gasteiger partial charge on any atom is 0.262 e. The lowest BCUT2D eigenvalue weighted by molar-refractivity contribution is -0.125. The van der Waals surface area contributed by atoms with Crippen molar-refractivity contribution in [2.24, 2.45) is 13.0 Å². The fourth-order valence-corrected chi connectivity index (χ4v) is 5.31. The Morgan fingerprint density at radius 1 is 1.06 bits per heavy atom. The van der Waals surface area contributed by atoms with Crippen molar-refractivity contribution in [1.29, 1.82) is 0 Å². The van der Waals surface area contributed by atoms with Crippen molar-refractivity contribution in [3.05, 3.63) is 83.8 Å². The van der Waals surface area contributed by atoms with Crippen LogP contribution in [-0.4, -0.2) is 41.3 Å². The lowest BCUT2D eigenvalue weighted by atomic mass is 9.88. The van der Waals surface area contributed by atoms with Gasteiger partial charge >= 0.3 is 0 Å². The molecule has 10 heteroatoms. The number of amides is 1. The highest BCUT2D eigenvalue weighted by Crippen LogP contribution is 2.35. The van der Waals surface area contributed by atoms with Gasteiger partial charge in [-0.1, -0.05) is 24.3 Å². The van der Waals surface area contributed by atoms with Crippen LogP contribution < -0.4 is 5.32 Å². The molecule has 4 rings (SSSR count). The zero-order valence-corrected chi connectivity index (χ0v) is 18.1. The number of carbonyl (C=O) groups is 1. The van der Waals surface area contributed by atoms with Crippen LogP contribution in [0.15, 0.2) is 66.1 Å². The van der Waals surface area contributed by atoms with Gasteiger partial charge in [0.25, 0.3) is 10.0 Å². The molecule has 2 heterocycles. The Morgan fingerprint density at radius 3 is 2.28 bits per heavy atom. The average Bonchev–Trinajstić information content (AvgIpc) is 3.41. The number of benzene rings is 2. The Labute approximate surface area is 184 Å². The van der Waals surface area contributed by atoms with Crippen LogP contribution in [0.1, 0.15) is 17.0 Å². The Hall–Kier alpha value is -3.11. The molecule has 2 unspecified atom stereocenters. The van der Waals surface area contributed by atoms with Crippen molar-refractivity contribution in [3.8, 4) is 0 Å². The van der Waals surface area contributed by atoms with Gasteiger partial charge in [-0.2, -0.15) is 4.31 Å². The molecule has 1 aliphatic heterocycles. The first kappa shape index (κ1) is 22.1. The fraction of sp³-hybridized carbons (Fsp3) is 0.273. The number of aryl methyl sites for hydroxylation is 1. The highest BCUT2D eigenvalue weighted by atomic mass is 32.2. The van der Waals surface area contributed by atoms with Gasteiger partial charge in [0.1, 0.15) is 11.6 Å². The summed E-state index contributed by atoms with van der Waals surface area (Å²) in [4.78, 5) is 17.0. The predicted octanol–water partition coefficient (Wildman–Crippen LogP) is 2.42. The number of rotatable bonds is 6. The summed E-state index contributed by atoms with van der Waals surface area (Å²) in [5, 5.41) is 2.72. The van der Waals surface area contributed by atoms with E-state index in [0.717, 1.165) is 0 Å². The van der Waals surface area contributed by atoms with Gasteiger partial charge < -0.3 is 9.88 Å². The molecule has 168 valence electrons. The molecule has 1 fully saturated rings. The van der Waals surface area contributed by atoms with Crippen molar-refractivity contribution >= 4 is 15.9 Å². The van der Waals surface area contributed by atoms with Gasteiger partial charge in [0.2, 0.25) is 5.91 Å². The summed E-state index contributed by atoms with van der Waals surface area (Å²) >= 11 is 0. The molecule has 2 atom stereocenters. The smallest absolute Gasteiger partial charge is 0.262 e. The number of sulfonamides is 1. The molecule has 0 radical (unpaired) electrons. The summed E-state index contributed by atoms with van der Waals surface area (Å²) < 4.78 is 55.5. The van der Waals surface area contributed by atoms with E-state index in [0.29, 0.717) is 11.1 Å². The Balaban J connectivity index is 1.57. The quantitative estimate of drug-likeness (QED) is 0.612. The van der Waals surface area contributed by atoms with Crippen molar-refractivity contribution in [2.45, 2.75) is 17.5 Å². The molecule has 1 saturated heterocycles. The lowest BCUT2D eigenvalue weighted by Crippen LogP contribution is -2.35. The van der Waals surface area contributed by atoms with Crippen molar-refractivity contribution in [2.75, 3.05) is 13.1 Å². The maximum absolute atomic E-state index is 13.4. The molecule has 1 aliphatic rings. The molecule has 7 nitrogen and oxygen atoms in total. The summed E-state index contributed by atoms with van der Waals surface area (Å²) in [5.41, 5.74) is 1.39. The second-order valence-corrected chi connectivity index (χ2v) is 9.69. The molecule has 0 saturated carbocycles. The van der Waals surface area contributed by atoms with E-state index in [2.05, 4.69) is 10.3 Å². The predicted molar refractivity (Wildman–Crippen MR) is 113 cm³/mol. The standard InChI is InChI=1S/C22H22F2N4O3S/c1-27-13-21(26-14-27)32(30,31)28-11-19(16-4-8-18(24)9-5-16)20(12-28)22(29)25-10-15-2-6-17(23)7-3-15/h2-9,13-14,19-20H,10-12H2,1H3,(H,25,29). The van der Waals surface area contributed by atoms with Gasteiger partial charge in [-0.3, -0.25) is 4.79 Å². The Bertz CT molecular complexity index is 1210. The normalized spacial score (nSPS) is 19.2. The molecule has 3 aromatic rings. The summed E-state index contributed by atoms with van der Waals surface area (Å²) in [6.07, 6.45) is 2.80. The summed E-state index contributed by atoms with van der Waals surface area (Å²) in [7, 11) is -2.23. The minimum atomic E-state index is -3.90. The fourth-order valence-electron chi connectivity index (χ4n) is 3.85. The molecule has 1 N–H and O–H groups in total. The van der Waals surface area contributed by atoms with Crippen molar-refractivity contribution in [1.82, 2.24) is 19.2 Å². The molecular weight excluding hydrogens is 438 g/mol. The largest absolute Gasteiger partial charge is 0.352 e. The van der Waals surface area contributed by atoms with Gasteiger partial charge in [-0.25, -0.2) is 22.2 Å². The second-order valence-electron chi connectivity index (χ2n) is 7.81. The second kappa shape index (κ2) is 8.79. The third-order valence-electron chi connectivity index (χ3n) is 5.59. The van der Waals surface area contributed by atoms with E-state index in [1.807, 2.05) is 0 Å². The molecule has 1 aromatic heterocycles. The van der Waals surface area contributed by atoms with Crippen LogP contribution in [0.5, 0.6) is 0 Å². The molecular formula is C22H22F2N4O3S. The number of nitrogens with one attached hydrogen (secondary N) is 1. The Kier molecular flexibility index (Phi) is 6.07. The van der Waals surface area contributed by atoms with Crippen LogP contribution in [-0.2, 0) is 28.4 Å². The molecule has 0 bridgehead atoms. The van der Waals surface area contributed by atoms with Gasteiger partial charge in [0, 0.05) is 38.8 Å². The minimum Gasteiger partial charge on any atom is -0.352 e. The minimum absolute atomic E-state index is 0.0315. The summed E-state index contributed by atoms with van der Waals surface area (Å²) in [5.74, 6) is -2.26. The molecule has 2 aromatic carbocycles. The van der Waals surface area contributed by atoms with E-state index in [-0.39, 0.29) is 36.4 Å². The van der Waals surface area contributed by atoms with Crippen LogP contribution in [0.3, 0.4) is 0 Å². The number of carbonyl (C=O) groups excluding carboxylic acids is 1. The van der Waals surface area contributed by atoms with Gasteiger partial charge in [0.05, 0.1) is 12.2 Å². The number of halogens is 2. The highest BCUT2D eigenvalue weighted by Gasteiger charge is 2.44. The zero-order valence-electron chi connectivity index (χ0n) is 17.3. The number of hydrogen-bond donors (Lipinski definition) is 1. The monoisotopic (exact) mass is 460 g/mol. The van der Waals surface area contributed by atoms with Crippen LogP contribution in [0.4, 0.5) is 8.78 Å². The first-order chi connectivity index (χ1) is 15.2. The van der Waals surface area contributed by atoms with Crippen molar-refractivity contribution < 1.29 is 22.0 Å². The lowest BCUT2D eigenvalue weighted by Gasteiger charge is -2.18. The number of aromatic nitrogens is 2. The van der Waals surface area contributed by atoms with E-state index in [4.69, 9.17) is 0 Å². The van der Waals surface area contributed by atoms with Crippen molar-refractivity contribution in [3.63, 3.8) is 0 Å². The SMILES string of the molecule is Cn1cnc(S(=O)(=O)N2CC(C(=O)NCc3ccc(F)cc3)C(c3ccc(F)cc3)C2)c1. The van der Waals surface area contributed by atoms with Crippen LogP contribution in [0.2, 0.25) is 0 Å². The topological polar surface area (TPSA) is 84.3 Å². The average molecular weight is 461 g/mol. The van der Waals surface area contributed by atoms with Gasteiger partial charge in [-0.05, 0) is 35.4 Å². The molecule has 32 heavy (non-hydrogen) atoms. The molecule has 0 spiro atoms. The Morgan fingerprint density at radius 2 is 1.69 bits per heavy atom. The maximum atomic E-state index is 13.4. The first-order valence-corrected chi connectivity index (χ1v) is 11.4. The number of imidazole rings is 1. The zero-order chi connectivity index (χ0) is 22.9. The van der Waals surface area contributed by atoms with E-state index in [1.54, 1.807) is 31.3 Å². The van der Waals surface area contributed by atoms with Crippen LogP contribution in [0, 0.1) is 17.6 Å². The first-order valence-electron chi connectivity index (χ1n) is 10.00. The van der Waals surface area contributed by atoms with Gasteiger partial charge in [0.15, 0.2) is 5.03 Å². The molecule has 1 amide bonds. The summed E-state index contributed by atoms with van der Waals surface area (Å²) in [6.45, 7) is 0.216. The highest BCUT2D eigenvalue weighted by molar-refractivity contribution is 7.89. The molecule has 0 aliphatic carbocycles. The van der Waals surface area contributed by atoms with E-state index in [9.17, 15) is 22.0 Å². The number of hydrogen-bond acceptors (Lipinski definition) is 4. The van der Waals surface area contributed by atoms with E-state index < -0.39 is 27.7 Å². The summed E-state index contributed by atoms with van der Waals surface area (Å²) in [6, 6.07) is 11.5. The third-order valence-corrected chi connectivity index (χ3v) is 7.30. The number of nitrogens with zero attached hydrogens (tertiary/aromatic N) is 3. The van der Waals surface area contributed by atoms with Crippen LogP contribution in [0.25, 0.3) is 0 Å². The van der Waals surface area contributed by atoms with Gasteiger partial charge in [-0.15, -0.1) is 0 Å². The third kappa shape index (κ3) is 4.56.